The minimum absolute atomic E-state index is 0.0635. The van der Waals surface area contributed by atoms with Crippen LogP contribution >= 0.6 is 0 Å². The van der Waals surface area contributed by atoms with Gasteiger partial charge in [-0.3, -0.25) is 9.48 Å². The maximum absolute atomic E-state index is 12.3. The van der Waals surface area contributed by atoms with E-state index in [1.54, 1.807) is 13.8 Å². The average molecular weight is 318 g/mol. The third-order valence-electron chi connectivity index (χ3n) is 2.94. The second-order valence-electron chi connectivity index (χ2n) is 5.11. The lowest BCUT2D eigenvalue weighted by molar-refractivity contribution is -0.137. The van der Waals surface area contributed by atoms with Crippen molar-refractivity contribution in [3.8, 4) is 0 Å². The molecule has 9 heteroatoms. The minimum Gasteiger partial charge on any atom is -0.480 e. The summed E-state index contributed by atoms with van der Waals surface area (Å²) in [5.74, 6) is -1.07. The molecule has 0 aromatic carbocycles. The lowest BCUT2D eigenvalue weighted by Crippen LogP contribution is -2.28. The SMILES string of the molecule is Cc1nn(CC(=O)O)c(C)c1S(=O)(=O)NCCCN(C)C. The third kappa shape index (κ3) is 4.80. The van der Waals surface area contributed by atoms with Gasteiger partial charge in [0.15, 0.2) is 0 Å². The molecule has 2 N–H and O–H groups in total. The molecule has 0 bridgehead atoms. The fourth-order valence-electron chi connectivity index (χ4n) is 2.03. The Balaban J connectivity index is 2.88. The largest absolute Gasteiger partial charge is 0.480 e. The van der Waals surface area contributed by atoms with Crippen molar-refractivity contribution in [1.82, 2.24) is 19.4 Å². The molecule has 0 saturated heterocycles. The van der Waals surface area contributed by atoms with E-state index in [9.17, 15) is 13.2 Å². The van der Waals surface area contributed by atoms with E-state index in [1.807, 2.05) is 19.0 Å². The van der Waals surface area contributed by atoms with Gasteiger partial charge >= 0.3 is 5.97 Å². The predicted molar refractivity (Wildman–Crippen MR) is 77.7 cm³/mol. The van der Waals surface area contributed by atoms with Crippen LogP contribution in [0.2, 0.25) is 0 Å². The van der Waals surface area contributed by atoms with Crippen LogP contribution in [0.15, 0.2) is 4.90 Å². The minimum atomic E-state index is -3.68. The van der Waals surface area contributed by atoms with Gasteiger partial charge in [0.2, 0.25) is 10.0 Å². The summed E-state index contributed by atoms with van der Waals surface area (Å²) in [7, 11) is 0.152. The van der Waals surface area contributed by atoms with Crippen LogP contribution in [0.25, 0.3) is 0 Å². The van der Waals surface area contributed by atoms with Gasteiger partial charge in [-0.1, -0.05) is 0 Å². The molecule has 1 heterocycles. The molecule has 0 fully saturated rings. The van der Waals surface area contributed by atoms with Crippen LogP contribution in [0.5, 0.6) is 0 Å². The Kier molecular flexibility index (Phi) is 5.87. The van der Waals surface area contributed by atoms with Gasteiger partial charge < -0.3 is 10.0 Å². The van der Waals surface area contributed by atoms with Crippen molar-refractivity contribution < 1.29 is 18.3 Å². The summed E-state index contributed by atoms with van der Waals surface area (Å²) < 4.78 is 28.3. The zero-order valence-corrected chi connectivity index (χ0v) is 13.6. The summed E-state index contributed by atoms with van der Waals surface area (Å²) in [6, 6.07) is 0. The van der Waals surface area contributed by atoms with Crippen LogP contribution in [0.3, 0.4) is 0 Å². The standard InChI is InChI=1S/C12H22N4O4S/c1-9-12(10(2)16(14-9)8-11(17)18)21(19,20)13-6-5-7-15(3)4/h13H,5-8H2,1-4H3,(H,17,18). The number of carbonyl (C=O) groups is 1. The maximum Gasteiger partial charge on any atom is 0.325 e. The number of nitrogens with zero attached hydrogens (tertiary/aromatic N) is 3. The fraction of sp³-hybridized carbons (Fsp3) is 0.667. The molecule has 8 nitrogen and oxygen atoms in total. The highest BCUT2D eigenvalue weighted by Gasteiger charge is 2.24. The van der Waals surface area contributed by atoms with Crippen LogP contribution in [-0.4, -0.2) is 61.4 Å². The topological polar surface area (TPSA) is 105 Å². The Morgan fingerprint density at radius 3 is 2.52 bits per heavy atom. The molecule has 1 aromatic heterocycles. The summed E-state index contributed by atoms with van der Waals surface area (Å²) in [5.41, 5.74) is 0.629. The summed E-state index contributed by atoms with van der Waals surface area (Å²) in [5, 5.41) is 12.8. The number of rotatable bonds is 8. The number of hydrogen-bond acceptors (Lipinski definition) is 5. The van der Waals surface area contributed by atoms with E-state index in [1.165, 1.54) is 4.68 Å². The molecule has 21 heavy (non-hydrogen) atoms. The van der Waals surface area contributed by atoms with Crippen molar-refractivity contribution in [2.75, 3.05) is 27.2 Å². The Morgan fingerprint density at radius 1 is 1.38 bits per heavy atom. The number of carboxylic acid groups (broad SMARTS) is 1. The van der Waals surface area contributed by atoms with Gasteiger partial charge in [0.05, 0.1) is 11.4 Å². The van der Waals surface area contributed by atoms with Crippen LogP contribution in [0, 0.1) is 13.8 Å². The van der Waals surface area contributed by atoms with Crippen molar-refractivity contribution in [2.45, 2.75) is 31.7 Å². The van der Waals surface area contributed by atoms with Crippen molar-refractivity contribution >= 4 is 16.0 Å². The van der Waals surface area contributed by atoms with Gasteiger partial charge in [0, 0.05) is 6.54 Å². The second kappa shape index (κ2) is 7.01. The Labute approximate surface area is 124 Å². The second-order valence-corrected chi connectivity index (χ2v) is 6.81. The summed E-state index contributed by atoms with van der Waals surface area (Å²) in [6.45, 7) is 3.85. The Bertz CT molecular complexity index is 607. The van der Waals surface area contributed by atoms with E-state index in [-0.39, 0.29) is 11.4 Å². The van der Waals surface area contributed by atoms with E-state index >= 15 is 0 Å². The monoisotopic (exact) mass is 318 g/mol. The normalized spacial score (nSPS) is 12.0. The number of aromatic nitrogens is 2. The molecule has 0 aliphatic carbocycles. The van der Waals surface area contributed by atoms with Gasteiger partial charge in [0.1, 0.15) is 11.4 Å². The van der Waals surface area contributed by atoms with Crippen molar-refractivity contribution in [1.29, 1.82) is 0 Å². The number of aliphatic carboxylic acids is 1. The average Bonchev–Trinajstić information content (AvgIpc) is 2.59. The van der Waals surface area contributed by atoms with E-state index in [0.29, 0.717) is 24.4 Å². The first kappa shape index (κ1) is 17.6. The highest BCUT2D eigenvalue weighted by atomic mass is 32.2. The number of aryl methyl sites for hydroxylation is 1. The van der Waals surface area contributed by atoms with Crippen LogP contribution < -0.4 is 4.72 Å². The highest BCUT2D eigenvalue weighted by Crippen LogP contribution is 2.19. The van der Waals surface area contributed by atoms with Crippen molar-refractivity contribution in [3.05, 3.63) is 11.4 Å². The summed E-state index contributed by atoms with van der Waals surface area (Å²) in [4.78, 5) is 12.8. The molecule has 0 unspecified atom stereocenters. The van der Waals surface area contributed by atoms with E-state index in [4.69, 9.17) is 5.11 Å². The first-order chi connectivity index (χ1) is 9.65. The molecule has 0 spiro atoms. The number of nitrogens with one attached hydrogen (secondary N) is 1. The molecular formula is C12H22N4O4S. The number of sulfonamides is 1. The molecule has 0 amide bonds. The summed E-state index contributed by atoms with van der Waals surface area (Å²) >= 11 is 0. The number of hydrogen-bond donors (Lipinski definition) is 2. The zero-order chi connectivity index (χ0) is 16.2. The maximum atomic E-state index is 12.3. The first-order valence-corrected chi connectivity index (χ1v) is 8.03. The van der Waals surface area contributed by atoms with Gasteiger partial charge in [-0.15, -0.1) is 0 Å². The Hall–Kier alpha value is -1.45. The lowest BCUT2D eigenvalue weighted by atomic mass is 10.4. The molecule has 0 atom stereocenters. The molecule has 120 valence electrons. The molecule has 0 aliphatic rings. The molecule has 0 aliphatic heterocycles. The van der Waals surface area contributed by atoms with Crippen molar-refractivity contribution in [3.63, 3.8) is 0 Å². The van der Waals surface area contributed by atoms with Gasteiger partial charge in [-0.05, 0) is 40.9 Å². The van der Waals surface area contributed by atoms with Crippen LogP contribution in [0.1, 0.15) is 17.8 Å². The summed E-state index contributed by atoms with van der Waals surface area (Å²) in [6.07, 6.45) is 0.688. The van der Waals surface area contributed by atoms with Gasteiger partial charge in [0.25, 0.3) is 0 Å². The fourth-order valence-corrected chi connectivity index (χ4v) is 3.51. The van der Waals surface area contributed by atoms with Crippen molar-refractivity contribution in [2.24, 2.45) is 0 Å². The zero-order valence-electron chi connectivity index (χ0n) is 12.8. The van der Waals surface area contributed by atoms with E-state index in [0.717, 1.165) is 6.54 Å². The predicted octanol–water partition coefficient (Wildman–Crippen LogP) is -0.185. The third-order valence-corrected chi connectivity index (χ3v) is 4.66. The smallest absolute Gasteiger partial charge is 0.325 e. The number of carboxylic acids is 1. The molecule has 0 saturated carbocycles. The van der Waals surface area contributed by atoms with Gasteiger partial charge in [-0.2, -0.15) is 5.10 Å². The van der Waals surface area contributed by atoms with Crippen LogP contribution in [0.4, 0.5) is 0 Å². The molecular weight excluding hydrogens is 296 g/mol. The van der Waals surface area contributed by atoms with E-state index in [2.05, 4.69) is 9.82 Å². The first-order valence-electron chi connectivity index (χ1n) is 6.55. The molecule has 1 aromatic rings. The molecule has 0 radical (unpaired) electrons. The van der Waals surface area contributed by atoms with E-state index < -0.39 is 16.0 Å². The highest BCUT2D eigenvalue weighted by molar-refractivity contribution is 7.89. The van der Waals surface area contributed by atoms with Crippen LogP contribution in [-0.2, 0) is 21.4 Å². The van der Waals surface area contributed by atoms with Gasteiger partial charge in [-0.25, -0.2) is 13.1 Å². The Morgan fingerprint density at radius 2 is 2.00 bits per heavy atom. The lowest BCUT2D eigenvalue weighted by Gasteiger charge is -2.10. The molecule has 1 rings (SSSR count). The quantitative estimate of drug-likeness (QED) is 0.644.